The van der Waals surface area contributed by atoms with E-state index in [0.29, 0.717) is 6.04 Å². The van der Waals surface area contributed by atoms with Gasteiger partial charge in [0.1, 0.15) is 5.82 Å². The van der Waals surface area contributed by atoms with Gasteiger partial charge in [-0.2, -0.15) is 0 Å². The lowest BCUT2D eigenvalue weighted by Crippen LogP contribution is -2.34. The summed E-state index contributed by atoms with van der Waals surface area (Å²) in [7, 11) is 0. The van der Waals surface area contributed by atoms with Gasteiger partial charge in [0.2, 0.25) is 5.91 Å². The quantitative estimate of drug-likeness (QED) is 0.783. The summed E-state index contributed by atoms with van der Waals surface area (Å²) in [4.78, 5) is 11.6. The first-order valence-electron chi connectivity index (χ1n) is 6.41. The monoisotopic (exact) mass is 252 g/mol. The van der Waals surface area contributed by atoms with Crippen LogP contribution in [0.5, 0.6) is 0 Å². The van der Waals surface area contributed by atoms with Gasteiger partial charge in [-0.25, -0.2) is 4.39 Å². The summed E-state index contributed by atoms with van der Waals surface area (Å²) in [6.45, 7) is 4.39. The van der Waals surface area contributed by atoms with Crippen molar-refractivity contribution in [1.82, 2.24) is 5.32 Å². The Morgan fingerprint density at radius 1 is 1.39 bits per heavy atom. The molecule has 0 spiro atoms. The van der Waals surface area contributed by atoms with E-state index in [1.165, 1.54) is 6.07 Å². The van der Waals surface area contributed by atoms with Crippen LogP contribution in [0, 0.1) is 5.82 Å². The van der Waals surface area contributed by atoms with Crippen LogP contribution in [0.25, 0.3) is 0 Å². The van der Waals surface area contributed by atoms with Crippen LogP contribution in [-0.4, -0.2) is 18.5 Å². The Hall–Kier alpha value is -1.42. The molecule has 18 heavy (non-hydrogen) atoms. The molecule has 0 fully saturated rings. The number of anilines is 1. The van der Waals surface area contributed by atoms with Gasteiger partial charge >= 0.3 is 0 Å². The van der Waals surface area contributed by atoms with Crippen LogP contribution < -0.4 is 10.6 Å². The van der Waals surface area contributed by atoms with E-state index in [-0.39, 0.29) is 18.1 Å². The van der Waals surface area contributed by atoms with Gasteiger partial charge in [-0.1, -0.05) is 31.9 Å². The van der Waals surface area contributed by atoms with E-state index in [0.717, 1.165) is 19.3 Å². The minimum absolute atomic E-state index is 0.208. The van der Waals surface area contributed by atoms with E-state index in [2.05, 4.69) is 17.6 Å². The SMILES string of the molecule is CCCCC(C)NCC(=O)Nc1ccccc1F. The molecule has 2 N–H and O–H groups in total. The lowest BCUT2D eigenvalue weighted by Gasteiger charge is -2.13. The average molecular weight is 252 g/mol. The maximum absolute atomic E-state index is 13.3. The fraction of sp³-hybridized carbons (Fsp3) is 0.500. The van der Waals surface area contributed by atoms with E-state index in [1.54, 1.807) is 18.2 Å². The number of hydrogen-bond acceptors (Lipinski definition) is 2. The lowest BCUT2D eigenvalue weighted by atomic mass is 10.1. The zero-order valence-corrected chi connectivity index (χ0v) is 11.0. The highest BCUT2D eigenvalue weighted by atomic mass is 19.1. The van der Waals surface area contributed by atoms with Gasteiger partial charge in [0.25, 0.3) is 0 Å². The number of hydrogen-bond donors (Lipinski definition) is 2. The molecule has 1 aromatic carbocycles. The third kappa shape index (κ3) is 5.27. The van der Waals surface area contributed by atoms with Crippen molar-refractivity contribution in [1.29, 1.82) is 0 Å². The second kappa shape index (κ2) is 7.82. The molecule has 0 aromatic heterocycles. The van der Waals surface area contributed by atoms with Crippen molar-refractivity contribution in [2.75, 3.05) is 11.9 Å². The summed E-state index contributed by atoms with van der Waals surface area (Å²) in [5, 5.41) is 5.67. The number of unbranched alkanes of at least 4 members (excludes halogenated alkanes) is 1. The molecular formula is C14H21FN2O. The molecule has 0 aliphatic rings. The summed E-state index contributed by atoms with van der Waals surface area (Å²) in [5.41, 5.74) is 0.227. The Labute approximate surface area is 108 Å². The Morgan fingerprint density at radius 2 is 2.11 bits per heavy atom. The fourth-order valence-electron chi connectivity index (χ4n) is 1.64. The van der Waals surface area contributed by atoms with Crippen molar-refractivity contribution in [2.45, 2.75) is 39.2 Å². The van der Waals surface area contributed by atoms with E-state index >= 15 is 0 Å². The Bertz CT molecular complexity index is 382. The molecule has 3 nitrogen and oxygen atoms in total. The Morgan fingerprint density at radius 3 is 2.78 bits per heavy atom. The minimum atomic E-state index is -0.412. The van der Waals surface area contributed by atoms with Gasteiger partial charge in [0, 0.05) is 6.04 Å². The van der Waals surface area contributed by atoms with Crippen LogP contribution in [0.4, 0.5) is 10.1 Å². The van der Waals surface area contributed by atoms with Crippen LogP contribution in [0.15, 0.2) is 24.3 Å². The van der Waals surface area contributed by atoms with Crippen LogP contribution >= 0.6 is 0 Å². The highest BCUT2D eigenvalue weighted by molar-refractivity contribution is 5.92. The molecule has 1 amide bonds. The number of benzene rings is 1. The molecular weight excluding hydrogens is 231 g/mol. The first-order chi connectivity index (χ1) is 8.63. The minimum Gasteiger partial charge on any atom is -0.322 e. The standard InChI is InChI=1S/C14H21FN2O/c1-3-4-7-11(2)16-10-14(18)17-13-9-6-5-8-12(13)15/h5-6,8-9,11,16H,3-4,7,10H2,1-2H3,(H,17,18). The van der Waals surface area contributed by atoms with Gasteiger partial charge in [-0.15, -0.1) is 0 Å². The van der Waals surface area contributed by atoms with E-state index in [9.17, 15) is 9.18 Å². The van der Waals surface area contributed by atoms with Gasteiger partial charge in [0.05, 0.1) is 12.2 Å². The fourth-order valence-corrected chi connectivity index (χ4v) is 1.64. The third-order valence-electron chi connectivity index (χ3n) is 2.75. The molecule has 0 heterocycles. The molecule has 100 valence electrons. The maximum Gasteiger partial charge on any atom is 0.238 e. The summed E-state index contributed by atoms with van der Waals surface area (Å²) >= 11 is 0. The summed E-state index contributed by atoms with van der Waals surface area (Å²) < 4.78 is 13.3. The molecule has 1 unspecified atom stereocenters. The van der Waals surface area contributed by atoms with E-state index in [1.807, 2.05) is 6.92 Å². The molecule has 4 heteroatoms. The predicted molar refractivity (Wildman–Crippen MR) is 72.0 cm³/mol. The number of carbonyl (C=O) groups is 1. The molecule has 1 rings (SSSR count). The summed E-state index contributed by atoms with van der Waals surface area (Å²) in [5.74, 6) is -0.631. The zero-order chi connectivity index (χ0) is 13.4. The molecule has 0 radical (unpaired) electrons. The summed E-state index contributed by atoms with van der Waals surface area (Å²) in [6.07, 6.45) is 3.33. The number of nitrogens with one attached hydrogen (secondary N) is 2. The van der Waals surface area contributed by atoms with Crippen LogP contribution in [-0.2, 0) is 4.79 Å². The normalized spacial score (nSPS) is 12.2. The first kappa shape index (κ1) is 14.6. The number of carbonyl (C=O) groups excluding carboxylic acids is 1. The molecule has 1 atom stereocenters. The van der Waals surface area contributed by atoms with Crippen molar-refractivity contribution in [3.8, 4) is 0 Å². The highest BCUT2D eigenvalue weighted by Gasteiger charge is 2.07. The van der Waals surface area contributed by atoms with E-state index in [4.69, 9.17) is 0 Å². The van der Waals surface area contributed by atoms with Gasteiger partial charge in [-0.3, -0.25) is 4.79 Å². The second-order valence-electron chi connectivity index (χ2n) is 4.45. The van der Waals surface area contributed by atoms with Crippen LogP contribution in [0.2, 0.25) is 0 Å². The smallest absolute Gasteiger partial charge is 0.238 e. The Balaban J connectivity index is 2.32. The highest BCUT2D eigenvalue weighted by Crippen LogP contribution is 2.11. The van der Waals surface area contributed by atoms with Crippen molar-refractivity contribution < 1.29 is 9.18 Å². The van der Waals surface area contributed by atoms with Gasteiger partial charge in [-0.05, 0) is 25.5 Å². The zero-order valence-electron chi connectivity index (χ0n) is 11.0. The van der Waals surface area contributed by atoms with Crippen LogP contribution in [0.3, 0.4) is 0 Å². The largest absolute Gasteiger partial charge is 0.322 e. The van der Waals surface area contributed by atoms with Crippen molar-refractivity contribution in [3.63, 3.8) is 0 Å². The third-order valence-corrected chi connectivity index (χ3v) is 2.75. The van der Waals surface area contributed by atoms with E-state index < -0.39 is 5.82 Å². The first-order valence-corrected chi connectivity index (χ1v) is 6.41. The van der Waals surface area contributed by atoms with Crippen molar-refractivity contribution in [2.24, 2.45) is 0 Å². The average Bonchev–Trinajstić information content (AvgIpc) is 2.36. The topological polar surface area (TPSA) is 41.1 Å². The molecule has 0 saturated carbocycles. The van der Waals surface area contributed by atoms with Crippen molar-refractivity contribution >= 4 is 11.6 Å². The van der Waals surface area contributed by atoms with Crippen molar-refractivity contribution in [3.05, 3.63) is 30.1 Å². The lowest BCUT2D eigenvalue weighted by molar-refractivity contribution is -0.115. The number of amides is 1. The Kier molecular flexibility index (Phi) is 6.36. The summed E-state index contributed by atoms with van der Waals surface area (Å²) in [6, 6.07) is 6.46. The number of para-hydroxylation sites is 1. The second-order valence-corrected chi connectivity index (χ2v) is 4.45. The molecule has 0 bridgehead atoms. The molecule has 0 aliphatic carbocycles. The number of rotatable bonds is 7. The predicted octanol–water partition coefficient (Wildman–Crippen LogP) is 2.93. The number of halogens is 1. The van der Waals surface area contributed by atoms with Crippen LogP contribution in [0.1, 0.15) is 33.1 Å². The van der Waals surface area contributed by atoms with Gasteiger partial charge < -0.3 is 10.6 Å². The maximum atomic E-state index is 13.3. The molecule has 0 aliphatic heterocycles. The molecule has 0 saturated heterocycles. The van der Waals surface area contributed by atoms with Gasteiger partial charge in [0.15, 0.2) is 0 Å². The molecule has 1 aromatic rings.